The molecule has 1 heterocycles. The fourth-order valence-electron chi connectivity index (χ4n) is 2.22. The highest BCUT2D eigenvalue weighted by Gasteiger charge is 2.49. The molecule has 0 saturated carbocycles. The van der Waals surface area contributed by atoms with Gasteiger partial charge < -0.3 is 10.6 Å². The summed E-state index contributed by atoms with van der Waals surface area (Å²) in [6.07, 6.45) is 0. The molecule has 0 bridgehead atoms. The Kier molecular flexibility index (Phi) is 4.18. The molecule has 1 fully saturated rings. The first-order valence-corrected chi connectivity index (χ1v) is 6.93. The van der Waals surface area contributed by atoms with Gasteiger partial charge in [0.05, 0.1) is 0 Å². The highest BCUT2D eigenvalue weighted by Crippen LogP contribution is 2.29. The van der Waals surface area contributed by atoms with Gasteiger partial charge in [0.1, 0.15) is 12.1 Å². The number of likely N-dealkylation sites (N-methyl/N-ethyl adjacent to an activating group) is 1. The van der Waals surface area contributed by atoms with Crippen LogP contribution >= 0.6 is 11.6 Å². The first-order chi connectivity index (χ1) is 9.88. The van der Waals surface area contributed by atoms with Crippen LogP contribution in [0.15, 0.2) is 24.3 Å². The van der Waals surface area contributed by atoms with Crippen molar-refractivity contribution in [1.29, 1.82) is 0 Å². The van der Waals surface area contributed by atoms with Crippen molar-refractivity contribution in [3.8, 4) is 0 Å². The summed E-state index contributed by atoms with van der Waals surface area (Å²) in [5, 5.41) is 5.73. The van der Waals surface area contributed by atoms with Crippen LogP contribution in [-0.2, 0) is 15.1 Å². The Morgan fingerprint density at radius 1 is 1.33 bits per heavy atom. The fourth-order valence-corrected chi connectivity index (χ4v) is 2.34. The lowest BCUT2D eigenvalue weighted by Crippen LogP contribution is -2.43. The molecule has 4 amide bonds. The minimum atomic E-state index is -1.19. The molecule has 0 radical (unpaired) electrons. The molecule has 1 aromatic rings. The van der Waals surface area contributed by atoms with Crippen LogP contribution in [0, 0.1) is 0 Å². The fraction of sp³-hybridized carbons (Fsp3) is 0.357. The maximum absolute atomic E-state index is 12.5. The minimum absolute atomic E-state index is 0.290. The largest absolute Gasteiger partial charge is 0.355 e. The number of hydrogen-bond acceptors (Lipinski definition) is 3. The third-order valence-electron chi connectivity index (χ3n) is 3.37. The van der Waals surface area contributed by atoms with Crippen LogP contribution < -0.4 is 10.6 Å². The standard InChI is InChI=1S/C14H16ClN3O3/c1-3-16-11(19)8-18-12(20)14(2,17-13(18)21)9-4-6-10(15)7-5-9/h4-7H,3,8H2,1-2H3,(H,16,19)(H,17,21). The summed E-state index contributed by atoms with van der Waals surface area (Å²) in [6, 6.07) is 6.07. The normalized spacial score (nSPS) is 21.4. The first-order valence-electron chi connectivity index (χ1n) is 6.55. The molecule has 1 aliphatic rings. The summed E-state index contributed by atoms with van der Waals surface area (Å²) < 4.78 is 0. The van der Waals surface area contributed by atoms with Gasteiger partial charge in [-0.15, -0.1) is 0 Å². The van der Waals surface area contributed by atoms with Gasteiger partial charge in [-0.05, 0) is 31.5 Å². The molecule has 6 nitrogen and oxygen atoms in total. The molecule has 1 aliphatic heterocycles. The molecule has 2 rings (SSSR count). The molecule has 1 saturated heterocycles. The van der Waals surface area contributed by atoms with Crippen molar-refractivity contribution in [2.45, 2.75) is 19.4 Å². The lowest BCUT2D eigenvalue weighted by atomic mass is 9.92. The summed E-state index contributed by atoms with van der Waals surface area (Å²) in [5.74, 6) is -0.831. The second-order valence-electron chi connectivity index (χ2n) is 4.91. The number of nitrogens with zero attached hydrogens (tertiary/aromatic N) is 1. The number of rotatable bonds is 4. The predicted molar refractivity (Wildman–Crippen MR) is 77.7 cm³/mol. The van der Waals surface area contributed by atoms with Crippen molar-refractivity contribution in [2.75, 3.05) is 13.1 Å². The van der Waals surface area contributed by atoms with Crippen molar-refractivity contribution in [1.82, 2.24) is 15.5 Å². The van der Waals surface area contributed by atoms with Crippen LogP contribution in [0.1, 0.15) is 19.4 Å². The van der Waals surface area contributed by atoms with Crippen molar-refractivity contribution in [2.24, 2.45) is 0 Å². The van der Waals surface area contributed by atoms with Gasteiger partial charge in [0.15, 0.2) is 0 Å². The lowest BCUT2D eigenvalue weighted by Gasteiger charge is -2.22. The molecule has 112 valence electrons. The van der Waals surface area contributed by atoms with E-state index in [1.165, 1.54) is 0 Å². The van der Waals surface area contributed by atoms with Crippen molar-refractivity contribution in [3.05, 3.63) is 34.9 Å². The lowest BCUT2D eigenvalue weighted by molar-refractivity contribution is -0.134. The number of hydrogen-bond donors (Lipinski definition) is 2. The third-order valence-corrected chi connectivity index (χ3v) is 3.62. The summed E-state index contributed by atoms with van der Waals surface area (Å²) in [5.41, 5.74) is -0.572. The quantitative estimate of drug-likeness (QED) is 0.821. The molecule has 21 heavy (non-hydrogen) atoms. The van der Waals surface area contributed by atoms with Gasteiger partial charge in [0, 0.05) is 11.6 Å². The van der Waals surface area contributed by atoms with Gasteiger partial charge in [0.2, 0.25) is 5.91 Å². The van der Waals surface area contributed by atoms with Crippen molar-refractivity contribution in [3.63, 3.8) is 0 Å². The number of benzene rings is 1. The number of amides is 4. The zero-order valence-electron chi connectivity index (χ0n) is 11.8. The van der Waals surface area contributed by atoms with Crippen LogP contribution in [0.25, 0.3) is 0 Å². The summed E-state index contributed by atoms with van der Waals surface area (Å²) in [6.45, 7) is 3.52. The number of carbonyl (C=O) groups is 3. The Labute approximate surface area is 127 Å². The number of imide groups is 1. The van der Waals surface area contributed by atoms with E-state index >= 15 is 0 Å². The van der Waals surface area contributed by atoms with Crippen molar-refractivity contribution >= 4 is 29.4 Å². The second kappa shape index (κ2) is 5.73. The van der Waals surface area contributed by atoms with E-state index in [1.54, 1.807) is 38.1 Å². The van der Waals surface area contributed by atoms with Crippen LogP contribution in [0.3, 0.4) is 0 Å². The third kappa shape index (κ3) is 2.85. The summed E-state index contributed by atoms with van der Waals surface area (Å²) in [7, 11) is 0. The van der Waals surface area contributed by atoms with E-state index in [0.717, 1.165) is 4.90 Å². The number of carbonyl (C=O) groups excluding carboxylic acids is 3. The molecule has 1 atom stereocenters. The Balaban J connectivity index is 2.24. The molecule has 2 N–H and O–H groups in total. The van der Waals surface area contributed by atoms with E-state index in [2.05, 4.69) is 10.6 Å². The van der Waals surface area contributed by atoms with Gasteiger partial charge in [-0.1, -0.05) is 23.7 Å². The van der Waals surface area contributed by atoms with Crippen LogP contribution in [-0.4, -0.2) is 35.8 Å². The van der Waals surface area contributed by atoms with Crippen molar-refractivity contribution < 1.29 is 14.4 Å². The first kappa shape index (κ1) is 15.3. The van der Waals surface area contributed by atoms with E-state index < -0.39 is 17.5 Å². The minimum Gasteiger partial charge on any atom is -0.355 e. The Morgan fingerprint density at radius 3 is 2.52 bits per heavy atom. The maximum Gasteiger partial charge on any atom is 0.325 e. The van der Waals surface area contributed by atoms with E-state index in [0.29, 0.717) is 17.1 Å². The van der Waals surface area contributed by atoms with Crippen LogP contribution in [0.4, 0.5) is 4.79 Å². The second-order valence-corrected chi connectivity index (χ2v) is 5.34. The predicted octanol–water partition coefficient (Wildman–Crippen LogP) is 1.24. The average molecular weight is 310 g/mol. The van der Waals surface area contributed by atoms with E-state index in [-0.39, 0.29) is 12.5 Å². The maximum atomic E-state index is 12.5. The summed E-state index contributed by atoms with van der Waals surface area (Å²) >= 11 is 5.83. The number of urea groups is 1. The highest BCUT2D eigenvalue weighted by molar-refractivity contribution is 6.30. The van der Waals surface area contributed by atoms with Crippen LogP contribution in [0.2, 0.25) is 5.02 Å². The molecule has 0 spiro atoms. The molecule has 0 aliphatic carbocycles. The smallest absolute Gasteiger partial charge is 0.325 e. The van der Waals surface area contributed by atoms with Gasteiger partial charge >= 0.3 is 6.03 Å². The highest BCUT2D eigenvalue weighted by atomic mass is 35.5. The monoisotopic (exact) mass is 309 g/mol. The number of nitrogens with one attached hydrogen (secondary N) is 2. The Bertz CT molecular complexity index is 588. The Hall–Kier alpha value is -2.08. The zero-order chi connectivity index (χ0) is 15.6. The SMILES string of the molecule is CCNC(=O)CN1C(=O)NC(C)(c2ccc(Cl)cc2)C1=O. The average Bonchev–Trinajstić information content (AvgIpc) is 2.64. The van der Waals surface area contributed by atoms with E-state index in [4.69, 9.17) is 11.6 Å². The van der Waals surface area contributed by atoms with Gasteiger partial charge in [-0.3, -0.25) is 14.5 Å². The van der Waals surface area contributed by atoms with Gasteiger partial charge in [-0.2, -0.15) is 0 Å². The topological polar surface area (TPSA) is 78.5 Å². The molecule has 7 heteroatoms. The molecule has 1 aromatic carbocycles. The van der Waals surface area contributed by atoms with Gasteiger partial charge in [0.25, 0.3) is 5.91 Å². The van der Waals surface area contributed by atoms with E-state index in [9.17, 15) is 14.4 Å². The van der Waals surface area contributed by atoms with Crippen LogP contribution in [0.5, 0.6) is 0 Å². The molecule has 0 aromatic heterocycles. The Morgan fingerprint density at radius 2 is 1.95 bits per heavy atom. The molecule has 1 unspecified atom stereocenters. The van der Waals surface area contributed by atoms with E-state index in [1.807, 2.05) is 0 Å². The van der Waals surface area contributed by atoms with Gasteiger partial charge in [-0.25, -0.2) is 4.79 Å². The summed E-state index contributed by atoms with van der Waals surface area (Å²) in [4.78, 5) is 37.0. The molecular formula is C14H16ClN3O3. The number of halogens is 1. The molecular weight excluding hydrogens is 294 g/mol. The zero-order valence-corrected chi connectivity index (χ0v) is 12.5.